The third-order valence-corrected chi connectivity index (χ3v) is 2.82. The van der Waals surface area contributed by atoms with Crippen LogP contribution in [-0.2, 0) is 6.42 Å². The zero-order valence-corrected chi connectivity index (χ0v) is 7.67. The third-order valence-electron chi connectivity index (χ3n) is 2.82. The van der Waals surface area contributed by atoms with Crippen molar-refractivity contribution in [2.24, 2.45) is 11.7 Å². The van der Waals surface area contributed by atoms with E-state index >= 15 is 0 Å². The molecule has 0 unspecified atom stereocenters. The maximum absolute atomic E-state index is 6.06. The Balaban J connectivity index is 2.48. The Morgan fingerprint density at radius 2 is 2.17 bits per heavy atom. The predicted octanol–water partition coefficient (Wildman–Crippen LogP) is 2.19. The summed E-state index contributed by atoms with van der Waals surface area (Å²) in [7, 11) is 0. The summed E-state index contributed by atoms with van der Waals surface area (Å²) in [6.07, 6.45) is 1.15. The molecule has 0 heterocycles. The summed E-state index contributed by atoms with van der Waals surface area (Å²) in [6, 6.07) is 6.88. The fourth-order valence-corrected chi connectivity index (χ4v) is 1.99. The SMILES string of the molecule is Cc1ccc2c(c1)[C@@H](N)[C@H](C)C2. The van der Waals surface area contributed by atoms with E-state index in [1.165, 1.54) is 16.7 Å². The van der Waals surface area contributed by atoms with Gasteiger partial charge in [0.15, 0.2) is 0 Å². The van der Waals surface area contributed by atoms with Crippen LogP contribution in [0.25, 0.3) is 0 Å². The lowest BCUT2D eigenvalue weighted by Crippen LogP contribution is -2.13. The molecule has 0 radical (unpaired) electrons. The van der Waals surface area contributed by atoms with Crippen LogP contribution in [0.15, 0.2) is 18.2 Å². The lowest BCUT2D eigenvalue weighted by molar-refractivity contribution is 0.513. The first kappa shape index (κ1) is 7.81. The Labute approximate surface area is 73.6 Å². The summed E-state index contributed by atoms with van der Waals surface area (Å²) in [5, 5.41) is 0. The molecule has 1 aliphatic carbocycles. The first-order chi connectivity index (χ1) is 5.68. The van der Waals surface area contributed by atoms with Gasteiger partial charge in [-0.3, -0.25) is 0 Å². The molecule has 1 aromatic rings. The summed E-state index contributed by atoms with van der Waals surface area (Å²) in [6.45, 7) is 4.34. The van der Waals surface area contributed by atoms with Crippen molar-refractivity contribution in [2.75, 3.05) is 0 Å². The number of fused-ring (bicyclic) bond motifs is 1. The highest BCUT2D eigenvalue weighted by atomic mass is 14.7. The Morgan fingerprint density at radius 3 is 2.92 bits per heavy atom. The minimum absolute atomic E-state index is 0.264. The van der Waals surface area contributed by atoms with Gasteiger partial charge in [-0.2, -0.15) is 0 Å². The van der Waals surface area contributed by atoms with Gasteiger partial charge in [0.2, 0.25) is 0 Å². The Bertz CT molecular complexity index is 304. The second-order valence-electron chi connectivity index (χ2n) is 3.91. The smallest absolute Gasteiger partial charge is 0.0326 e. The lowest BCUT2D eigenvalue weighted by atomic mass is 10.0. The number of hydrogen-bond acceptors (Lipinski definition) is 1. The van der Waals surface area contributed by atoms with E-state index in [2.05, 4.69) is 32.0 Å². The first-order valence-electron chi connectivity index (χ1n) is 4.53. The Hall–Kier alpha value is -0.820. The van der Waals surface area contributed by atoms with Gasteiger partial charge in [-0.1, -0.05) is 30.7 Å². The van der Waals surface area contributed by atoms with E-state index in [0.29, 0.717) is 5.92 Å². The maximum atomic E-state index is 6.06. The van der Waals surface area contributed by atoms with E-state index in [0.717, 1.165) is 6.42 Å². The topological polar surface area (TPSA) is 26.0 Å². The maximum Gasteiger partial charge on any atom is 0.0326 e. The fourth-order valence-electron chi connectivity index (χ4n) is 1.99. The average Bonchev–Trinajstić information content (AvgIpc) is 2.31. The molecule has 1 aliphatic rings. The van der Waals surface area contributed by atoms with Crippen LogP contribution >= 0.6 is 0 Å². The van der Waals surface area contributed by atoms with Crippen molar-refractivity contribution < 1.29 is 0 Å². The van der Waals surface area contributed by atoms with E-state index in [1.807, 2.05) is 0 Å². The molecule has 0 amide bonds. The summed E-state index contributed by atoms with van der Waals surface area (Å²) in [4.78, 5) is 0. The van der Waals surface area contributed by atoms with E-state index < -0.39 is 0 Å². The Kier molecular flexibility index (Phi) is 1.69. The molecule has 12 heavy (non-hydrogen) atoms. The van der Waals surface area contributed by atoms with Crippen LogP contribution in [0.1, 0.15) is 29.7 Å². The number of nitrogens with two attached hydrogens (primary N) is 1. The second kappa shape index (κ2) is 2.60. The van der Waals surface area contributed by atoms with Crippen molar-refractivity contribution in [1.82, 2.24) is 0 Å². The van der Waals surface area contributed by atoms with Gasteiger partial charge in [0.25, 0.3) is 0 Å². The monoisotopic (exact) mass is 161 g/mol. The van der Waals surface area contributed by atoms with Crippen molar-refractivity contribution in [3.05, 3.63) is 34.9 Å². The second-order valence-corrected chi connectivity index (χ2v) is 3.91. The average molecular weight is 161 g/mol. The molecular formula is C11H15N. The van der Waals surface area contributed by atoms with Gasteiger partial charge >= 0.3 is 0 Å². The molecule has 2 atom stereocenters. The van der Waals surface area contributed by atoms with E-state index in [1.54, 1.807) is 0 Å². The lowest BCUT2D eigenvalue weighted by Gasteiger charge is -2.09. The summed E-state index contributed by atoms with van der Waals surface area (Å²) < 4.78 is 0. The van der Waals surface area contributed by atoms with E-state index in [-0.39, 0.29) is 6.04 Å². The van der Waals surface area contributed by atoms with Crippen LogP contribution in [0.3, 0.4) is 0 Å². The molecular weight excluding hydrogens is 146 g/mol. The summed E-state index contributed by atoms with van der Waals surface area (Å²) in [5.74, 6) is 0.613. The highest BCUT2D eigenvalue weighted by Crippen LogP contribution is 2.34. The molecule has 0 saturated carbocycles. The van der Waals surface area contributed by atoms with E-state index in [4.69, 9.17) is 5.73 Å². The molecule has 0 fully saturated rings. The fraction of sp³-hybridized carbons (Fsp3) is 0.455. The number of aryl methyl sites for hydroxylation is 1. The quantitative estimate of drug-likeness (QED) is 0.620. The molecule has 1 nitrogen and oxygen atoms in total. The molecule has 1 aromatic carbocycles. The predicted molar refractivity (Wildman–Crippen MR) is 51.0 cm³/mol. The van der Waals surface area contributed by atoms with Crippen molar-refractivity contribution in [3.8, 4) is 0 Å². The van der Waals surface area contributed by atoms with Gasteiger partial charge in [0.05, 0.1) is 0 Å². The molecule has 2 rings (SSSR count). The van der Waals surface area contributed by atoms with Crippen LogP contribution in [0.4, 0.5) is 0 Å². The highest BCUT2D eigenvalue weighted by molar-refractivity contribution is 5.38. The first-order valence-corrected chi connectivity index (χ1v) is 4.53. The van der Waals surface area contributed by atoms with Crippen LogP contribution in [0.5, 0.6) is 0 Å². The highest BCUT2D eigenvalue weighted by Gasteiger charge is 2.25. The van der Waals surface area contributed by atoms with Gasteiger partial charge in [0.1, 0.15) is 0 Å². The molecule has 64 valence electrons. The van der Waals surface area contributed by atoms with Crippen molar-refractivity contribution in [1.29, 1.82) is 0 Å². The zero-order valence-electron chi connectivity index (χ0n) is 7.67. The Morgan fingerprint density at radius 1 is 1.42 bits per heavy atom. The van der Waals surface area contributed by atoms with Gasteiger partial charge in [0, 0.05) is 6.04 Å². The van der Waals surface area contributed by atoms with Gasteiger partial charge < -0.3 is 5.73 Å². The van der Waals surface area contributed by atoms with Gasteiger partial charge in [-0.05, 0) is 30.4 Å². The molecule has 2 N–H and O–H groups in total. The summed E-state index contributed by atoms with van der Waals surface area (Å²) >= 11 is 0. The zero-order chi connectivity index (χ0) is 8.72. The third kappa shape index (κ3) is 1.05. The standard InChI is InChI=1S/C11H15N/c1-7-3-4-9-6-8(2)11(12)10(9)5-7/h3-5,8,11H,6,12H2,1-2H3/t8-,11+/m1/s1. The summed E-state index contributed by atoms with van der Waals surface area (Å²) in [5.41, 5.74) is 10.2. The normalized spacial score (nSPS) is 27.2. The molecule has 0 bridgehead atoms. The van der Waals surface area contributed by atoms with Crippen molar-refractivity contribution >= 4 is 0 Å². The number of hydrogen-bond donors (Lipinski definition) is 1. The molecule has 0 aromatic heterocycles. The molecule has 0 saturated heterocycles. The molecule has 0 aliphatic heterocycles. The van der Waals surface area contributed by atoms with Crippen molar-refractivity contribution in [3.63, 3.8) is 0 Å². The van der Waals surface area contributed by atoms with Crippen molar-refractivity contribution in [2.45, 2.75) is 26.3 Å². The number of rotatable bonds is 0. The largest absolute Gasteiger partial charge is 0.324 e. The van der Waals surface area contributed by atoms with Crippen LogP contribution in [0, 0.1) is 12.8 Å². The number of benzene rings is 1. The minimum atomic E-state index is 0.264. The molecule has 0 spiro atoms. The van der Waals surface area contributed by atoms with Gasteiger partial charge in [-0.15, -0.1) is 0 Å². The minimum Gasteiger partial charge on any atom is -0.324 e. The molecule has 1 heteroatoms. The van der Waals surface area contributed by atoms with Gasteiger partial charge in [-0.25, -0.2) is 0 Å². The van der Waals surface area contributed by atoms with Crippen LogP contribution < -0.4 is 5.73 Å². The van der Waals surface area contributed by atoms with E-state index in [9.17, 15) is 0 Å². The van der Waals surface area contributed by atoms with Crippen LogP contribution in [0.2, 0.25) is 0 Å². The van der Waals surface area contributed by atoms with Crippen LogP contribution in [-0.4, -0.2) is 0 Å².